The number of carbonyl (C=O) groups excluding carboxylic acids is 2. The predicted octanol–water partition coefficient (Wildman–Crippen LogP) is 11.6. The molecule has 0 aliphatic rings. The van der Waals surface area contributed by atoms with Gasteiger partial charge in [0.05, 0.1) is 13.2 Å². The first kappa shape index (κ1) is 49.5. The van der Waals surface area contributed by atoms with Gasteiger partial charge >= 0.3 is 19.8 Å². The maximum Gasteiger partial charge on any atom is 0.472 e. The van der Waals surface area contributed by atoms with E-state index < -0.39 is 32.5 Å². The first-order chi connectivity index (χ1) is 24.8. The topological polar surface area (TPSA) is 134 Å². The van der Waals surface area contributed by atoms with E-state index in [2.05, 4.69) is 38.2 Å². The number of nitrogens with two attached hydrogens (primary N) is 1. The van der Waals surface area contributed by atoms with Gasteiger partial charge in [-0.25, -0.2) is 4.57 Å². The molecule has 3 N–H and O–H groups in total. The van der Waals surface area contributed by atoms with Crippen molar-refractivity contribution in [1.82, 2.24) is 0 Å². The molecule has 0 amide bonds. The minimum absolute atomic E-state index is 0.0546. The lowest BCUT2D eigenvalue weighted by atomic mass is 10.0. The Balaban J connectivity index is 3.89. The zero-order valence-electron chi connectivity index (χ0n) is 32.8. The summed E-state index contributed by atoms with van der Waals surface area (Å²) in [4.78, 5) is 34.5. The summed E-state index contributed by atoms with van der Waals surface area (Å²) < 4.78 is 32.5. The maximum absolute atomic E-state index is 12.5. The fourth-order valence-corrected chi connectivity index (χ4v) is 6.49. The van der Waals surface area contributed by atoms with Gasteiger partial charge in [0.1, 0.15) is 6.61 Å². The number of unbranched alkanes of at least 4 members (excludes halogenated alkanes) is 22. The van der Waals surface area contributed by atoms with E-state index in [9.17, 15) is 19.0 Å². The van der Waals surface area contributed by atoms with Crippen molar-refractivity contribution < 1.29 is 37.6 Å². The van der Waals surface area contributed by atoms with Gasteiger partial charge < -0.3 is 20.1 Å². The zero-order chi connectivity index (χ0) is 37.5. The van der Waals surface area contributed by atoms with Gasteiger partial charge in [-0.3, -0.25) is 18.6 Å². The molecule has 0 aliphatic carbocycles. The van der Waals surface area contributed by atoms with Crippen LogP contribution in [0.25, 0.3) is 0 Å². The van der Waals surface area contributed by atoms with Gasteiger partial charge in [-0.1, -0.05) is 160 Å². The summed E-state index contributed by atoms with van der Waals surface area (Å²) >= 11 is 0. The summed E-state index contributed by atoms with van der Waals surface area (Å²) in [7, 11) is -4.36. The van der Waals surface area contributed by atoms with Crippen molar-refractivity contribution in [1.29, 1.82) is 0 Å². The first-order valence-corrected chi connectivity index (χ1v) is 22.3. The molecule has 2 atom stereocenters. The van der Waals surface area contributed by atoms with Crippen LogP contribution in [0.2, 0.25) is 0 Å². The van der Waals surface area contributed by atoms with Crippen LogP contribution in [0.5, 0.6) is 0 Å². The van der Waals surface area contributed by atoms with E-state index in [1.54, 1.807) is 0 Å². The summed E-state index contributed by atoms with van der Waals surface area (Å²) in [5, 5.41) is 0. The fourth-order valence-electron chi connectivity index (χ4n) is 5.72. The van der Waals surface area contributed by atoms with Gasteiger partial charge in [0, 0.05) is 19.4 Å². The molecule has 0 fully saturated rings. The molecular formula is C41H78NO8P. The molecule has 2 unspecified atom stereocenters. The van der Waals surface area contributed by atoms with Crippen molar-refractivity contribution in [2.45, 2.75) is 200 Å². The number of rotatable bonds is 39. The van der Waals surface area contributed by atoms with Gasteiger partial charge in [0.15, 0.2) is 6.10 Å². The van der Waals surface area contributed by atoms with Crippen molar-refractivity contribution in [3.05, 3.63) is 24.3 Å². The van der Waals surface area contributed by atoms with E-state index in [0.29, 0.717) is 6.42 Å². The highest BCUT2D eigenvalue weighted by Crippen LogP contribution is 2.43. The number of phosphoric acid groups is 1. The van der Waals surface area contributed by atoms with Crippen molar-refractivity contribution in [3.8, 4) is 0 Å². The SMILES string of the molecule is CCCCCCC/C=C\C/C=C\CCCCCCCCCCCCCCCC(=O)OC(COC(=O)CCCCCCC)COP(=O)(O)OCCN. The van der Waals surface area contributed by atoms with Crippen LogP contribution >= 0.6 is 7.82 Å². The summed E-state index contributed by atoms with van der Waals surface area (Å²) in [5.74, 6) is -0.839. The molecule has 0 bridgehead atoms. The number of ether oxygens (including phenoxy) is 2. The molecule has 0 aromatic rings. The molecule has 0 aliphatic heterocycles. The van der Waals surface area contributed by atoms with Crippen molar-refractivity contribution >= 4 is 19.8 Å². The lowest BCUT2D eigenvalue weighted by molar-refractivity contribution is -0.161. The van der Waals surface area contributed by atoms with Crippen LogP contribution in [0, 0.1) is 0 Å². The lowest BCUT2D eigenvalue weighted by Crippen LogP contribution is -2.29. The molecule has 0 rings (SSSR count). The molecule has 0 radical (unpaired) electrons. The third-order valence-electron chi connectivity index (χ3n) is 8.84. The highest BCUT2D eigenvalue weighted by Gasteiger charge is 2.26. The summed E-state index contributed by atoms with van der Waals surface area (Å²) in [6.07, 6.45) is 39.8. The quantitative estimate of drug-likeness (QED) is 0.0273. The lowest BCUT2D eigenvalue weighted by Gasteiger charge is -2.19. The van der Waals surface area contributed by atoms with E-state index in [1.165, 1.54) is 103 Å². The molecule has 0 spiro atoms. The molecule has 51 heavy (non-hydrogen) atoms. The predicted molar refractivity (Wildman–Crippen MR) is 211 cm³/mol. The van der Waals surface area contributed by atoms with E-state index >= 15 is 0 Å². The van der Waals surface area contributed by atoms with Crippen LogP contribution in [-0.2, 0) is 32.7 Å². The summed E-state index contributed by atoms with van der Waals surface area (Å²) in [5.41, 5.74) is 5.32. The number of hydrogen-bond donors (Lipinski definition) is 2. The third-order valence-corrected chi connectivity index (χ3v) is 9.82. The number of phosphoric ester groups is 1. The summed E-state index contributed by atoms with van der Waals surface area (Å²) in [6, 6.07) is 0. The Morgan fingerprint density at radius 1 is 0.588 bits per heavy atom. The standard InChI is InChI=1S/C41H78NO8P/c1-3-5-7-9-10-11-12-13-14-15-16-17-18-19-20-21-22-23-24-25-26-27-28-30-32-34-41(44)50-39(38-49-51(45,46)48-36-35-42)37-47-40(43)33-31-29-8-6-4-2/h12-13,15-16,39H,3-11,14,17-38,42H2,1-2H3,(H,45,46)/b13-12-,16-15-. The Kier molecular flexibility index (Phi) is 37.1. The largest absolute Gasteiger partial charge is 0.472 e. The highest BCUT2D eigenvalue weighted by molar-refractivity contribution is 7.47. The first-order valence-electron chi connectivity index (χ1n) is 20.8. The average Bonchev–Trinajstić information content (AvgIpc) is 3.11. The smallest absolute Gasteiger partial charge is 0.462 e. The Bertz CT molecular complexity index is 897. The summed E-state index contributed by atoms with van der Waals surface area (Å²) in [6.45, 7) is 3.63. The second-order valence-electron chi connectivity index (χ2n) is 13.9. The second-order valence-corrected chi connectivity index (χ2v) is 15.3. The van der Waals surface area contributed by atoms with Crippen molar-refractivity contribution in [2.75, 3.05) is 26.4 Å². The third kappa shape index (κ3) is 38.0. The van der Waals surface area contributed by atoms with Crippen LogP contribution in [-0.4, -0.2) is 49.3 Å². The highest BCUT2D eigenvalue weighted by atomic mass is 31.2. The molecule has 0 saturated heterocycles. The molecule has 9 nitrogen and oxygen atoms in total. The fraction of sp³-hybridized carbons (Fsp3) is 0.854. The van der Waals surface area contributed by atoms with E-state index in [4.69, 9.17) is 24.3 Å². The second kappa shape index (κ2) is 38.2. The maximum atomic E-state index is 12.5. The van der Waals surface area contributed by atoms with Crippen LogP contribution in [0.15, 0.2) is 24.3 Å². The Hall–Kier alpha value is -1.51. The minimum Gasteiger partial charge on any atom is -0.462 e. The number of carbonyl (C=O) groups is 2. The number of allylic oxidation sites excluding steroid dienone is 4. The van der Waals surface area contributed by atoms with E-state index in [0.717, 1.165) is 57.8 Å². The molecule has 300 valence electrons. The minimum atomic E-state index is -4.36. The number of hydrogen-bond acceptors (Lipinski definition) is 8. The van der Waals surface area contributed by atoms with Crippen LogP contribution in [0.1, 0.15) is 194 Å². The van der Waals surface area contributed by atoms with Crippen molar-refractivity contribution in [3.63, 3.8) is 0 Å². The van der Waals surface area contributed by atoms with Gasteiger partial charge in [-0.15, -0.1) is 0 Å². The van der Waals surface area contributed by atoms with Crippen LogP contribution < -0.4 is 5.73 Å². The Morgan fingerprint density at radius 3 is 1.49 bits per heavy atom. The zero-order valence-corrected chi connectivity index (χ0v) is 33.7. The molecule has 10 heteroatoms. The van der Waals surface area contributed by atoms with Crippen molar-refractivity contribution in [2.24, 2.45) is 5.73 Å². The molecule has 0 saturated carbocycles. The van der Waals surface area contributed by atoms with E-state index in [-0.39, 0.29) is 32.6 Å². The van der Waals surface area contributed by atoms with Gasteiger partial charge in [0.25, 0.3) is 0 Å². The van der Waals surface area contributed by atoms with E-state index in [1.807, 2.05) is 0 Å². The van der Waals surface area contributed by atoms with Crippen LogP contribution in [0.3, 0.4) is 0 Å². The molecular weight excluding hydrogens is 665 g/mol. The molecule has 0 aromatic heterocycles. The molecule has 0 aromatic carbocycles. The van der Waals surface area contributed by atoms with Gasteiger partial charge in [-0.05, 0) is 44.9 Å². The Morgan fingerprint density at radius 2 is 1.02 bits per heavy atom. The Labute approximate surface area is 312 Å². The van der Waals surface area contributed by atoms with Gasteiger partial charge in [-0.2, -0.15) is 0 Å². The molecule has 0 heterocycles. The normalized spacial score (nSPS) is 13.6. The number of esters is 2. The van der Waals surface area contributed by atoms with Crippen LogP contribution in [0.4, 0.5) is 0 Å². The van der Waals surface area contributed by atoms with Gasteiger partial charge in [0.2, 0.25) is 0 Å². The average molecular weight is 744 g/mol. The monoisotopic (exact) mass is 744 g/mol.